The molecule has 1 N–H and O–H groups in total. The van der Waals surface area contributed by atoms with Crippen LogP contribution in [0.5, 0.6) is 0 Å². The Morgan fingerprint density at radius 1 is 1.58 bits per heavy atom. The van der Waals surface area contributed by atoms with E-state index < -0.39 is 0 Å². The zero-order valence-corrected chi connectivity index (χ0v) is 6.86. The fourth-order valence-corrected chi connectivity index (χ4v) is 0.907. The number of rotatable bonds is 3. The van der Waals surface area contributed by atoms with Crippen LogP contribution in [0.1, 0.15) is 5.56 Å². The molecule has 4 heteroatoms. The maximum absolute atomic E-state index is 8.64. The summed E-state index contributed by atoms with van der Waals surface area (Å²) in [5.41, 5.74) is 10.1. The first-order valence-electron chi connectivity index (χ1n) is 3.64. The van der Waals surface area contributed by atoms with Gasteiger partial charge in [-0.2, -0.15) is 4.79 Å². The Labute approximate surface area is 70.9 Å². The van der Waals surface area contributed by atoms with Crippen LogP contribution in [0.25, 0.3) is 5.53 Å². The minimum Gasteiger partial charge on any atom is -0.361 e. The van der Waals surface area contributed by atoms with E-state index in [0.29, 0.717) is 12.3 Å². The van der Waals surface area contributed by atoms with Gasteiger partial charge in [0.25, 0.3) is 0 Å². The molecule has 0 aliphatic carbocycles. The molecule has 0 spiro atoms. The maximum atomic E-state index is 8.64. The summed E-state index contributed by atoms with van der Waals surface area (Å²) < 4.78 is 0. The van der Waals surface area contributed by atoms with E-state index in [-0.39, 0.29) is 0 Å². The molecule has 0 saturated carbocycles. The fourth-order valence-electron chi connectivity index (χ4n) is 0.907. The van der Waals surface area contributed by atoms with Gasteiger partial charge in [0.15, 0.2) is 0 Å². The highest BCUT2D eigenvalue weighted by atomic mass is 14.9. The second kappa shape index (κ2) is 4.38. The van der Waals surface area contributed by atoms with Crippen molar-refractivity contribution in [2.24, 2.45) is 0 Å². The summed E-state index contributed by atoms with van der Waals surface area (Å²) in [6.45, 7) is 0.542. The van der Waals surface area contributed by atoms with Gasteiger partial charge < -0.3 is 10.8 Å². The van der Waals surface area contributed by atoms with E-state index in [0.717, 1.165) is 5.56 Å². The molecule has 12 heavy (non-hydrogen) atoms. The molecule has 62 valence electrons. The summed E-state index contributed by atoms with van der Waals surface area (Å²) in [6, 6.07) is 3.60. The first-order valence-corrected chi connectivity index (χ1v) is 3.64. The lowest BCUT2D eigenvalue weighted by Gasteiger charge is -1.93. The van der Waals surface area contributed by atoms with Crippen molar-refractivity contribution in [2.45, 2.75) is 0 Å². The van der Waals surface area contributed by atoms with Crippen molar-refractivity contribution in [3.63, 3.8) is 0 Å². The quantitative estimate of drug-likeness (QED) is 0.395. The number of nitrogens with zero attached hydrogens (tertiary/aromatic N) is 3. The van der Waals surface area contributed by atoms with Gasteiger partial charge in [-0.05, 0) is 19.2 Å². The predicted octanol–water partition coefficient (Wildman–Crippen LogP) is 0.320. The highest BCUT2D eigenvalue weighted by Gasteiger charge is 2.08. The number of nitrogens with one attached hydrogen (secondary N) is 1. The second-order valence-corrected chi connectivity index (χ2v) is 2.31. The van der Waals surface area contributed by atoms with Crippen LogP contribution in [-0.4, -0.2) is 29.1 Å². The average molecular weight is 162 g/mol. The Morgan fingerprint density at radius 3 is 2.75 bits per heavy atom. The van der Waals surface area contributed by atoms with Crippen molar-refractivity contribution in [2.75, 3.05) is 13.6 Å². The highest BCUT2D eigenvalue weighted by Crippen LogP contribution is 1.95. The molecule has 1 aromatic rings. The van der Waals surface area contributed by atoms with Crippen molar-refractivity contribution >= 4 is 5.71 Å². The van der Waals surface area contributed by atoms with Crippen molar-refractivity contribution in [1.29, 1.82) is 0 Å². The third-order valence-electron chi connectivity index (χ3n) is 1.48. The minimum absolute atomic E-state index is 0.542. The molecule has 0 amide bonds. The van der Waals surface area contributed by atoms with Gasteiger partial charge in [0.1, 0.15) is 0 Å². The van der Waals surface area contributed by atoms with Crippen LogP contribution in [0.4, 0.5) is 0 Å². The first-order chi connectivity index (χ1) is 5.88. The molecule has 0 aliphatic heterocycles. The minimum atomic E-state index is 0.542. The summed E-state index contributed by atoms with van der Waals surface area (Å²) in [5, 5.41) is 2.91. The van der Waals surface area contributed by atoms with Crippen LogP contribution in [0.2, 0.25) is 0 Å². The lowest BCUT2D eigenvalue weighted by atomic mass is 10.2. The molecule has 0 bridgehead atoms. The van der Waals surface area contributed by atoms with Crippen molar-refractivity contribution in [3.8, 4) is 0 Å². The third kappa shape index (κ3) is 1.99. The topological polar surface area (TPSA) is 61.3 Å². The molecule has 0 aromatic carbocycles. The van der Waals surface area contributed by atoms with Crippen molar-refractivity contribution < 1.29 is 4.79 Å². The van der Waals surface area contributed by atoms with E-state index in [1.165, 1.54) is 0 Å². The third-order valence-corrected chi connectivity index (χ3v) is 1.48. The van der Waals surface area contributed by atoms with E-state index >= 15 is 0 Å². The Balaban J connectivity index is 2.89. The van der Waals surface area contributed by atoms with Crippen molar-refractivity contribution in [3.05, 3.63) is 35.6 Å². The van der Waals surface area contributed by atoms with E-state index in [2.05, 4.69) is 15.1 Å². The Hall–Kier alpha value is -1.51. The molecule has 0 aliphatic rings. The Kier molecular flexibility index (Phi) is 3.14. The number of hydrogen-bond donors (Lipinski definition) is 1. The van der Waals surface area contributed by atoms with Gasteiger partial charge >= 0.3 is 5.71 Å². The summed E-state index contributed by atoms with van der Waals surface area (Å²) in [4.78, 5) is 7.04. The zero-order valence-electron chi connectivity index (χ0n) is 6.86. The molecule has 0 fully saturated rings. The van der Waals surface area contributed by atoms with E-state index in [1.807, 2.05) is 0 Å². The molecule has 0 atom stereocenters. The van der Waals surface area contributed by atoms with Crippen molar-refractivity contribution in [1.82, 2.24) is 10.3 Å². The molecule has 0 unspecified atom stereocenters. The molecule has 4 nitrogen and oxygen atoms in total. The zero-order chi connectivity index (χ0) is 8.81. The Morgan fingerprint density at radius 2 is 2.25 bits per heavy atom. The number of pyridine rings is 1. The van der Waals surface area contributed by atoms with E-state index in [4.69, 9.17) is 5.53 Å². The van der Waals surface area contributed by atoms with Crippen LogP contribution in [-0.2, 0) is 0 Å². The number of likely N-dealkylation sites (N-methyl/N-ethyl adjacent to an activating group) is 1. The largest absolute Gasteiger partial charge is 0.361 e. The SMILES string of the molecule is CNCC(=[N+]=[N-])c1ccncc1. The van der Waals surface area contributed by atoms with Gasteiger partial charge in [-0.1, -0.05) is 0 Å². The first kappa shape index (κ1) is 8.59. The monoisotopic (exact) mass is 162 g/mol. The van der Waals surface area contributed by atoms with E-state index in [1.54, 1.807) is 31.6 Å². The lowest BCUT2D eigenvalue weighted by molar-refractivity contribution is -0.00600. The van der Waals surface area contributed by atoms with Gasteiger partial charge in [0.05, 0.1) is 12.1 Å². The van der Waals surface area contributed by atoms with Crippen LogP contribution in [0.15, 0.2) is 24.5 Å². The number of aromatic nitrogens is 1. The molecule has 0 saturated heterocycles. The standard InChI is InChI=1S/C8H10N4/c1-10-6-8(12-9)7-2-4-11-5-3-7/h2-5,10H,6H2,1H3. The van der Waals surface area contributed by atoms with Crippen LogP contribution >= 0.6 is 0 Å². The van der Waals surface area contributed by atoms with Gasteiger partial charge in [-0.15, -0.1) is 0 Å². The molecular formula is C8H10N4. The predicted molar refractivity (Wildman–Crippen MR) is 45.9 cm³/mol. The average Bonchev–Trinajstić information content (AvgIpc) is 2.15. The normalized spacial score (nSPS) is 9.08. The number of hydrogen-bond acceptors (Lipinski definition) is 2. The van der Waals surface area contributed by atoms with Crippen LogP contribution in [0.3, 0.4) is 0 Å². The highest BCUT2D eigenvalue weighted by molar-refractivity contribution is 5.97. The second-order valence-electron chi connectivity index (χ2n) is 2.31. The summed E-state index contributed by atoms with van der Waals surface area (Å²) in [6.07, 6.45) is 3.33. The molecule has 1 aromatic heterocycles. The molecule has 0 radical (unpaired) electrons. The Bertz CT molecular complexity index is 287. The molecule has 1 heterocycles. The fraction of sp³-hybridized carbons (Fsp3) is 0.250. The van der Waals surface area contributed by atoms with Gasteiger partial charge in [-0.25, -0.2) is 0 Å². The summed E-state index contributed by atoms with van der Waals surface area (Å²) in [5.74, 6) is 0. The van der Waals surface area contributed by atoms with Crippen LogP contribution in [0, 0.1) is 0 Å². The molecular weight excluding hydrogens is 152 g/mol. The summed E-state index contributed by atoms with van der Waals surface area (Å²) >= 11 is 0. The van der Waals surface area contributed by atoms with Gasteiger partial charge in [0, 0.05) is 12.4 Å². The van der Waals surface area contributed by atoms with E-state index in [9.17, 15) is 0 Å². The molecule has 1 rings (SSSR count). The van der Waals surface area contributed by atoms with Crippen LogP contribution < -0.4 is 5.32 Å². The van der Waals surface area contributed by atoms with Gasteiger partial charge in [0.2, 0.25) is 0 Å². The lowest BCUT2D eigenvalue weighted by Crippen LogP contribution is -2.20. The van der Waals surface area contributed by atoms with Gasteiger partial charge in [-0.3, -0.25) is 4.98 Å². The smallest absolute Gasteiger partial charge is 0.312 e. The summed E-state index contributed by atoms with van der Waals surface area (Å²) in [7, 11) is 1.80. The maximum Gasteiger partial charge on any atom is 0.312 e.